The highest BCUT2D eigenvalue weighted by Crippen LogP contribution is 2.41. The summed E-state index contributed by atoms with van der Waals surface area (Å²) in [5.74, 6) is -0.252. The van der Waals surface area contributed by atoms with E-state index in [1.54, 1.807) is 12.1 Å². The summed E-state index contributed by atoms with van der Waals surface area (Å²) >= 11 is 0. The van der Waals surface area contributed by atoms with Crippen molar-refractivity contribution < 1.29 is 32.0 Å². The van der Waals surface area contributed by atoms with Gasteiger partial charge in [0.1, 0.15) is 5.76 Å². The van der Waals surface area contributed by atoms with Crippen LogP contribution in [-0.2, 0) is 22.3 Å². The number of carbonyl (C=O) groups is 3. The molecule has 2 aliphatic rings. The molecule has 0 saturated carbocycles. The summed E-state index contributed by atoms with van der Waals surface area (Å²) in [6, 6.07) is 6.40. The zero-order chi connectivity index (χ0) is 23.8. The molecule has 1 aromatic carbocycles. The average Bonchev–Trinajstić information content (AvgIpc) is 3.41. The number of halogens is 3. The van der Waals surface area contributed by atoms with Crippen LogP contribution in [0.15, 0.2) is 58.3 Å². The number of carbonyl (C=O) groups excluding carboxylic acids is 3. The highest BCUT2D eigenvalue weighted by Gasteiger charge is 2.45. The average molecular weight is 462 g/mol. The second-order valence-electron chi connectivity index (χ2n) is 7.72. The first-order valence-corrected chi connectivity index (χ1v) is 10.2. The number of furan rings is 1. The van der Waals surface area contributed by atoms with Gasteiger partial charge in [0, 0.05) is 20.0 Å². The summed E-state index contributed by atoms with van der Waals surface area (Å²) in [5, 5.41) is 5.19. The minimum atomic E-state index is -4.65. The van der Waals surface area contributed by atoms with E-state index in [-0.39, 0.29) is 43.1 Å². The van der Waals surface area contributed by atoms with Crippen molar-refractivity contribution in [2.45, 2.75) is 25.2 Å². The van der Waals surface area contributed by atoms with Gasteiger partial charge in [-0.3, -0.25) is 14.5 Å². The molecule has 33 heavy (non-hydrogen) atoms. The number of rotatable bonds is 6. The van der Waals surface area contributed by atoms with Gasteiger partial charge in [0.05, 0.1) is 42.2 Å². The molecule has 0 radical (unpaired) electrons. The summed E-state index contributed by atoms with van der Waals surface area (Å²) in [6.45, 7) is 0.270. The third-order valence-electron chi connectivity index (χ3n) is 5.66. The Hall–Kier alpha value is -3.76. The lowest BCUT2D eigenvalue weighted by Gasteiger charge is -2.32. The summed E-state index contributed by atoms with van der Waals surface area (Å²) in [6.07, 6.45) is -3.18. The lowest BCUT2D eigenvalue weighted by molar-refractivity contribution is -0.138. The highest BCUT2D eigenvalue weighted by atomic mass is 19.4. The van der Waals surface area contributed by atoms with Crippen LogP contribution < -0.4 is 10.6 Å². The molecule has 0 saturated heterocycles. The monoisotopic (exact) mass is 462 g/mol. The van der Waals surface area contributed by atoms with E-state index in [2.05, 4.69) is 10.6 Å². The molecule has 1 atom stereocenters. The normalized spacial score (nSPS) is 18.5. The first-order valence-electron chi connectivity index (χ1n) is 10.2. The van der Waals surface area contributed by atoms with Gasteiger partial charge in [-0.05, 0) is 23.8 Å². The van der Waals surface area contributed by atoms with E-state index in [0.717, 1.165) is 6.07 Å². The van der Waals surface area contributed by atoms with E-state index in [9.17, 15) is 27.6 Å². The Morgan fingerprint density at radius 3 is 2.67 bits per heavy atom. The second kappa shape index (κ2) is 8.64. The largest absolute Gasteiger partial charge is 0.467 e. The third kappa shape index (κ3) is 4.43. The fourth-order valence-electron chi connectivity index (χ4n) is 3.97. The number of hydrogen-bond donors (Lipinski definition) is 2. The molecular formula is C22H21F3N4O4. The maximum atomic E-state index is 13.6. The quantitative estimate of drug-likeness (QED) is 0.690. The van der Waals surface area contributed by atoms with E-state index in [1.807, 2.05) is 0 Å². The molecule has 2 aliphatic heterocycles. The second-order valence-corrected chi connectivity index (χ2v) is 7.72. The Labute approximate surface area is 187 Å². The van der Waals surface area contributed by atoms with E-state index in [0.29, 0.717) is 11.5 Å². The molecule has 4 amide bonds. The number of likely N-dealkylation sites (N-methyl/N-ethyl adjacent to an activating group) is 1. The number of hydrogen-bond acceptors (Lipinski definition) is 4. The maximum absolute atomic E-state index is 13.6. The minimum absolute atomic E-state index is 0.0120. The van der Waals surface area contributed by atoms with Crippen LogP contribution in [0.1, 0.15) is 29.3 Å². The van der Waals surface area contributed by atoms with E-state index >= 15 is 0 Å². The number of amides is 4. The molecule has 1 aromatic heterocycles. The van der Waals surface area contributed by atoms with Crippen LogP contribution in [0.2, 0.25) is 0 Å². The fourth-order valence-corrected chi connectivity index (χ4v) is 3.97. The number of benzene rings is 1. The van der Waals surface area contributed by atoms with Crippen LogP contribution in [0.5, 0.6) is 0 Å². The molecule has 4 rings (SSSR count). The van der Waals surface area contributed by atoms with Gasteiger partial charge in [-0.1, -0.05) is 18.2 Å². The first-order chi connectivity index (χ1) is 15.7. The Bertz CT molecular complexity index is 1110. The van der Waals surface area contributed by atoms with Crippen molar-refractivity contribution >= 4 is 17.8 Å². The van der Waals surface area contributed by atoms with Gasteiger partial charge in [0.15, 0.2) is 0 Å². The molecule has 1 unspecified atom stereocenters. The lowest BCUT2D eigenvalue weighted by Crippen LogP contribution is -2.45. The minimum Gasteiger partial charge on any atom is -0.467 e. The summed E-state index contributed by atoms with van der Waals surface area (Å²) in [4.78, 5) is 40.4. The Kier molecular flexibility index (Phi) is 5.88. The van der Waals surface area contributed by atoms with Crippen LogP contribution in [0.3, 0.4) is 0 Å². The molecule has 174 valence electrons. The molecular weight excluding hydrogens is 441 g/mol. The molecule has 8 nitrogen and oxygen atoms in total. The summed E-state index contributed by atoms with van der Waals surface area (Å²) < 4.78 is 45.9. The zero-order valence-corrected chi connectivity index (χ0v) is 17.6. The summed E-state index contributed by atoms with van der Waals surface area (Å²) in [7, 11) is 1.45. The van der Waals surface area contributed by atoms with E-state index in [1.165, 1.54) is 41.3 Å². The molecule has 2 N–H and O–H groups in total. The Morgan fingerprint density at radius 2 is 1.97 bits per heavy atom. The lowest BCUT2D eigenvalue weighted by atomic mass is 9.92. The van der Waals surface area contributed by atoms with Crippen LogP contribution in [0, 0.1) is 0 Å². The zero-order valence-electron chi connectivity index (χ0n) is 17.6. The molecule has 2 aromatic rings. The van der Waals surface area contributed by atoms with Crippen LogP contribution in [0.4, 0.5) is 18.0 Å². The van der Waals surface area contributed by atoms with E-state index in [4.69, 9.17) is 4.42 Å². The van der Waals surface area contributed by atoms with Gasteiger partial charge in [-0.2, -0.15) is 13.2 Å². The third-order valence-corrected chi connectivity index (χ3v) is 5.66. The molecule has 0 fully saturated rings. The maximum Gasteiger partial charge on any atom is 0.416 e. The van der Waals surface area contributed by atoms with Crippen molar-refractivity contribution in [3.63, 3.8) is 0 Å². The van der Waals surface area contributed by atoms with Crippen LogP contribution in [-0.4, -0.2) is 47.8 Å². The van der Waals surface area contributed by atoms with Gasteiger partial charge in [-0.25, -0.2) is 4.79 Å². The number of nitrogens with zero attached hydrogens (tertiary/aromatic N) is 2. The van der Waals surface area contributed by atoms with Crippen LogP contribution in [0.25, 0.3) is 0 Å². The summed E-state index contributed by atoms with van der Waals surface area (Å²) in [5.41, 5.74) is -0.730. The topological polar surface area (TPSA) is 94.9 Å². The van der Waals surface area contributed by atoms with Crippen molar-refractivity contribution in [2.24, 2.45) is 0 Å². The molecule has 0 bridgehead atoms. The Balaban J connectivity index is 1.52. The van der Waals surface area contributed by atoms with Gasteiger partial charge in [0.25, 0.3) is 5.91 Å². The predicted octanol–water partition coefficient (Wildman–Crippen LogP) is 2.80. The molecule has 3 heterocycles. The number of urea groups is 1. The van der Waals surface area contributed by atoms with Crippen LogP contribution >= 0.6 is 0 Å². The van der Waals surface area contributed by atoms with Crippen molar-refractivity contribution in [1.82, 2.24) is 20.4 Å². The van der Waals surface area contributed by atoms with Gasteiger partial charge in [0.2, 0.25) is 5.91 Å². The predicted molar refractivity (Wildman–Crippen MR) is 109 cm³/mol. The van der Waals surface area contributed by atoms with E-state index < -0.39 is 29.7 Å². The smallest absolute Gasteiger partial charge is 0.416 e. The standard InChI is InChI=1S/C22H21F3N4O4/c1-28-16-12-29(9-8-17(30)26-11-13-5-4-10-33-13)20(31)18(16)19(27-21(28)32)14-6-2-3-7-15(14)22(23,24)25/h2-7,10,19H,8-9,11-12H2,1H3,(H,26,30)(H,27,32). The highest BCUT2D eigenvalue weighted by molar-refractivity contribution is 6.01. The molecule has 0 spiro atoms. The van der Waals surface area contributed by atoms with Crippen molar-refractivity contribution in [1.29, 1.82) is 0 Å². The van der Waals surface area contributed by atoms with Crippen molar-refractivity contribution in [3.8, 4) is 0 Å². The van der Waals surface area contributed by atoms with Gasteiger partial charge in [-0.15, -0.1) is 0 Å². The first kappa shape index (κ1) is 22.4. The van der Waals surface area contributed by atoms with Crippen molar-refractivity contribution in [2.75, 3.05) is 20.1 Å². The number of alkyl halides is 3. The van der Waals surface area contributed by atoms with Crippen molar-refractivity contribution in [3.05, 3.63) is 70.8 Å². The molecule has 11 heteroatoms. The van der Waals surface area contributed by atoms with Gasteiger partial charge < -0.3 is 20.0 Å². The Morgan fingerprint density at radius 1 is 1.21 bits per heavy atom. The molecule has 0 aliphatic carbocycles. The fraction of sp³-hybridized carbons (Fsp3) is 0.318. The SMILES string of the molecule is CN1C(=O)NC(c2ccccc2C(F)(F)F)C2=C1CN(CCC(=O)NCc1ccco1)C2=O. The number of nitrogens with one attached hydrogen (secondary N) is 2. The van der Waals surface area contributed by atoms with Gasteiger partial charge >= 0.3 is 12.2 Å².